The van der Waals surface area contributed by atoms with Crippen LogP contribution in [0.2, 0.25) is 0 Å². The summed E-state index contributed by atoms with van der Waals surface area (Å²) in [5, 5.41) is 14.4. The fourth-order valence-electron chi connectivity index (χ4n) is 2.91. The van der Waals surface area contributed by atoms with Gasteiger partial charge in [0.15, 0.2) is 12.0 Å². The molecular formula is C17H18N6O2. The Labute approximate surface area is 145 Å². The number of anilines is 1. The fourth-order valence-corrected chi connectivity index (χ4v) is 2.91. The fraction of sp³-hybridized carbons (Fsp3) is 0.294. The molecule has 0 aliphatic carbocycles. The molecule has 128 valence electrons. The zero-order valence-corrected chi connectivity index (χ0v) is 13.8. The number of benzene rings is 1. The standard InChI is InChI=1S/C17H18N6O2/c1-19-16(24)12-5-2-3-6-13(12)23-9-15(20-11-23)21-17(25)14-7-4-8-22(14)10-18/h2-3,5-6,9,11,14H,4,7-8H2,1H3,(H,19,24)(H,21,25). The highest BCUT2D eigenvalue weighted by Gasteiger charge is 2.30. The third kappa shape index (κ3) is 3.30. The highest BCUT2D eigenvalue weighted by Crippen LogP contribution is 2.19. The van der Waals surface area contributed by atoms with Crippen LogP contribution in [0.5, 0.6) is 0 Å². The van der Waals surface area contributed by atoms with E-state index in [-0.39, 0.29) is 11.8 Å². The molecule has 2 heterocycles. The monoisotopic (exact) mass is 338 g/mol. The minimum absolute atomic E-state index is 0.203. The van der Waals surface area contributed by atoms with Crippen LogP contribution in [-0.2, 0) is 4.79 Å². The Balaban J connectivity index is 1.79. The second-order valence-corrected chi connectivity index (χ2v) is 5.70. The number of carbonyl (C=O) groups is 2. The number of hydrogen-bond donors (Lipinski definition) is 2. The summed E-state index contributed by atoms with van der Waals surface area (Å²) in [6.07, 6.45) is 6.69. The van der Waals surface area contributed by atoms with Gasteiger partial charge in [0.2, 0.25) is 5.91 Å². The molecule has 0 bridgehead atoms. The van der Waals surface area contributed by atoms with Crippen molar-refractivity contribution in [2.75, 3.05) is 18.9 Å². The van der Waals surface area contributed by atoms with E-state index in [1.807, 2.05) is 12.3 Å². The second kappa shape index (κ2) is 7.05. The number of nitrogens with one attached hydrogen (secondary N) is 2. The first-order chi connectivity index (χ1) is 12.1. The number of rotatable bonds is 4. The number of likely N-dealkylation sites (tertiary alicyclic amines) is 1. The molecule has 0 saturated carbocycles. The lowest BCUT2D eigenvalue weighted by atomic mass is 10.1. The van der Waals surface area contributed by atoms with Crippen LogP contribution in [0.3, 0.4) is 0 Å². The van der Waals surface area contributed by atoms with Crippen molar-refractivity contribution in [1.29, 1.82) is 5.26 Å². The maximum absolute atomic E-state index is 12.3. The van der Waals surface area contributed by atoms with Crippen molar-refractivity contribution in [3.05, 3.63) is 42.4 Å². The van der Waals surface area contributed by atoms with E-state index in [2.05, 4.69) is 15.6 Å². The number of para-hydroxylation sites is 1. The molecule has 0 radical (unpaired) electrons. The van der Waals surface area contributed by atoms with Gasteiger partial charge in [-0.25, -0.2) is 4.98 Å². The van der Waals surface area contributed by atoms with E-state index in [0.29, 0.717) is 30.0 Å². The van der Waals surface area contributed by atoms with Gasteiger partial charge in [-0.2, -0.15) is 5.26 Å². The van der Waals surface area contributed by atoms with E-state index < -0.39 is 6.04 Å². The van der Waals surface area contributed by atoms with Gasteiger partial charge in [0.25, 0.3) is 5.91 Å². The molecule has 1 aliphatic heterocycles. The molecule has 1 fully saturated rings. The predicted octanol–water partition coefficient (Wildman–Crippen LogP) is 1.12. The smallest absolute Gasteiger partial charge is 0.253 e. The Bertz CT molecular complexity index is 838. The average Bonchev–Trinajstić information content (AvgIpc) is 3.30. The molecule has 1 saturated heterocycles. The zero-order valence-electron chi connectivity index (χ0n) is 13.8. The van der Waals surface area contributed by atoms with Gasteiger partial charge in [-0.15, -0.1) is 0 Å². The van der Waals surface area contributed by atoms with Crippen LogP contribution in [0.15, 0.2) is 36.8 Å². The number of amides is 2. The molecule has 2 amide bonds. The molecule has 0 spiro atoms. The molecule has 1 aliphatic rings. The largest absolute Gasteiger partial charge is 0.355 e. The molecule has 1 aromatic heterocycles. The molecule has 1 aromatic carbocycles. The number of imidazole rings is 1. The molecular weight excluding hydrogens is 320 g/mol. The summed E-state index contributed by atoms with van der Waals surface area (Å²) >= 11 is 0. The van der Waals surface area contributed by atoms with Crippen LogP contribution in [0, 0.1) is 11.5 Å². The average molecular weight is 338 g/mol. The first-order valence-electron chi connectivity index (χ1n) is 7.96. The molecule has 1 atom stereocenters. The van der Waals surface area contributed by atoms with Crippen LogP contribution in [0.1, 0.15) is 23.2 Å². The van der Waals surface area contributed by atoms with E-state index >= 15 is 0 Å². The summed E-state index contributed by atoms with van der Waals surface area (Å²) < 4.78 is 1.68. The Morgan fingerprint density at radius 2 is 2.16 bits per heavy atom. The van der Waals surface area contributed by atoms with Crippen molar-refractivity contribution in [3.63, 3.8) is 0 Å². The topological polar surface area (TPSA) is 103 Å². The molecule has 1 unspecified atom stereocenters. The van der Waals surface area contributed by atoms with Gasteiger partial charge in [0.05, 0.1) is 17.4 Å². The first-order valence-corrected chi connectivity index (χ1v) is 7.96. The summed E-state index contributed by atoms with van der Waals surface area (Å²) in [5.74, 6) is -0.0733. The Kier molecular flexibility index (Phi) is 4.66. The summed E-state index contributed by atoms with van der Waals surface area (Å²) in [6.45, 7) is 0.600. The van der Waals surface area contributed by atoms with Gasteiger partial charge in [0.1, 0.15) is 12.4 Å². The lowest BCUT2D eigenvalue weighted by molar-refractivity contribution is -0.119. The van der Waals surface area contributed by atoms with Crippen LogP contribution in [0.4, 0.5) is 5.82 Å². The van der Waals surface area contributed by atoms with E-state index in [0.717, 1.165) is 6.42 Å². The minimum Gasteiger partial charge on any atom is -0.355 e. The number of nitrogens with zero attached hydrogens (tertiary/aromatic N) is 4. The van der Waals surface area contributed by atoms with E-state index in [1.165, 1.54) is 11.2 Å². The van der Waals surface area contributed by atoms with Crippen LogP contribution in [0.25, 0.3) is 5.69 Å². The van der Waals surface area contributed by atoms with E-state index in [9.17, 15) is 9.59 Å². The van der Waals surface area contributed by atoms with Gasteiger partial charge < -0.3 is 15.2 Å². The highest BCUT2D eigenvalue weighted by atomic mass is 16.2. The van der Waals surface area contributed by atoms with Crippen molar-refractivity contribution >= 4 is 17.6 Å². The minimum atomic E-state index is -0.451. The molecule has 2 aromatic rings. The van der Waals surface area contributed by atoms with Gasteiger partial charge in [-0.1, -0.05) is 12.1 Å². The van der Waals surface area contributed by atoms with Crippen molar-refractivity contribution in [3.8, 4) is 11.9 Å². The predicted molar refractivity (Wildman–Crippen MR) is 90.9 cm³/mol. The van der Waals surface area contributed by atoms with E-state index in [4.69, 9.17) is 5.26 Å². The normalized spacial score (nSPS) is 16.3. The van der Waals surface area contributed by atoms with Crippen molar-refractivity contribution in [2.45, 2.75) is 18.9 Å². The zero-order chi connectivity index (χ0) is 17.8. The van der Waals surface area contributed by atoms with Crippen LogP contribution < -0.4 is 10.6 Å². The molecule has 3 rings (SSSR count). The third-order valence-electron chi connectivity index (χ3n) is 4.17. The third-order valence-corrected chi connectivity index (χ3v) is 4.17. The van der Waals surface area contributed by atoms with E-state index in [1.54, 1.807) is 36.0 Å². The Morgan fingerprint density at radius 3 is 2.92 bits per heavy atom. The van der Waals surface area contributed by atoms with Gasteiger partial charge in [-0.05, 0) is 25.0 Å². The first kappa shape index (κ1) is 16.5. The molecule has 2 N–H and O–H groups in total. The van der Waals surface area contributed by atoms with Gasteiger partial charge in [-0.3, -0.25) is 14.5 Å². The lowest BCUT2D eigenvalue weighted by Gasteiger charge is -2.16. The van der Waals surface area contributed by atoms with Crippen molar-refractivity contribution in [1.82, 2.24) is 19.8 Å². The summed E-state index contributed by atoms with van der Waals surface area (Å²) in [4.78, 5) is 30.0. The Hall–Kier alpha value is -3.34. The van der Waals surface area contributed by atoms with Crippen molar-refractivity contribution < 1.29 is 9.59 Å². The molecule has 25 heavy (non-hydrogen) atoms. The van der Waals surface area contributed by atoms with Crippen molar-refractivity contribution in [2.24, 2.45) is 0 Å². The number of carbonyl (C=O) groups excluding carboxylic acids is 2. The maximum atomic E-state index is 12.3. The van der Waals surface area contributed by atoms with Crippen LogP contribution >= 0.6 is 0 Å². The summed E-state index contributed by atoms with van der Waals surface area (Å²) in [6, 6.07) is 6.67. The lowest BCUT2D eigenvalue weighted by Crippen LogP contribution is -2.36. The second-order valence-electron chi connectivity index (χ2n) is 5.70. The van der Waals surface area contributed by atoms with Gasteiger partial charge >= 0.3 is 0 Å². The molecule has 8 heteroatoms. The number of nitriles is 1. The summed E-state index contributed by atoms with van der Waals surface area (Å²) in [5.41, 5.74) is 1.17. The van der Waals surface area contributed by atoms with Gasteiger partial charge in [0, 0.05) is 13.6 Å². The highest BCUT2D eigenvalue weighted by molar-refractivity contribution is 5.98. The quantitative estimate of drug-likeness (QED) is 0.813. The molecule has 8 nitrogen and oxygen atoms in total. The maximum Gasteiger partial charge on any atom is 0.253 e. The Morgan fingerprint density at radius 1 is 1.36 bits per heavy atom. The SMILES string of the molecule is CNC(=O)c1ccccc1-n1cnc(NC(=O)C2CCCN2C#N)c1. The number of aromatic nitrogens is 2. The van der Waals surface area contributed by atoms with Crippen LogP contribution in [-0.4, -0.2) is 45.9 Å². The number of hydrogen-bond acceptors (Lipinski definition) is 5. The summed E-state index contributed by atoms with van der Waals surface area (Å²) in [7, 11) is 1.57.